The summed E-state index contributed by atoms with van der Waals surface area (Å²) in [7, 11) is 0. The number of rotatable bonds is 7. The highest BCUT2D eigenvalue weighted by Crippen LogP contribution is 2.20. The summed E-state index contributed by atoms with van der Waals surface area (Å²) in [5.41, 5.74) is 2.73. The van der Waals surface area contributed by atoms with Crippen LogP contribution >= 0.6 is 0 Å². The molecule has 1 aromatic heterocycles. The van der Waals surface area contributed by atoms with E-state index < -0.39 is 5.91 Å². The molecule has 7 heteroatoms. The van der Waals surface area contributed by atoms with Gasteiger partial charge in [-0.2, -0.15) is 0 Å². The maximum absolute atomic E-state index is 12.8. The number of amides is 3. The van der Waals surface area contributed by atoms with E-state index in [9.17, 15) is 14.4 Å². The zero-order valence-electron chi connectivity index (χ0n) is 17.8. The van der Waals surface area contributed by atoms with E-state index in [-0.39, 0.29) is 17.6 Å². The van der Waals surface area contributed by atoms with Crippen LogP contribution in [0.5, 0.6) is 0 Å². The Morgan fingerprint density at radius 2 is 1.65 bits per heavy atom. The molecule has 2 N–H and O–H groups in total. The lowest BCUT2D eigenvalue weighted by molar-refractivity contribution is 0.0772. The minimum absolute atomic E-state index is 0.0839. The normalized spacial score (nSPS) is 10.4. The molecule has 2 aromatic carbocycles. The van der Waals surface area contributed by atoms with Crippen molar-refractivity contribution in [1.82, 2.24) is 4.90 Å². The van der Waals surface area contributed by atoms with Gasteiger partial charge < -0.3 is 20.0 Å². The van der Waals surface area contributed by atoms with Crippen molar-refractivity contribution in [1.29, 1.82) is 0 Å². The van der Waals surface area contributed by atoms with Crippen molar-refractivity contribution >= 4 is 29.1 Å². The Balaban J connectivity index is 1.76. The van der Waals surface area contributed by atoms with Crippen LogP contribution in [0.25, 0.3) is 0 Å². The molecule has 0 aliphatic carbocycles. The largest absolute Gasteiger partial charge is 0.459 e. The highest BCUT2D eigenvalue weighted by Gasteiger charge is 2.15. The fraction of sp³-hybridized carbons (Fsp3) is 0.208. The van der Waals surface area contributed by atoms with Crippen molar-refractivity contribution in [3.05, 3.63) is 83.3 Å². The zero-order valence-corrected chi connectivity index (χ0v) is 17.8. The molecular weight excluding hydrogens is 394 g/mol. The molecule has 7 nitrogen and oxygen atoms in total. The monoisotopic (exact) mass is 419 g/mol. The van der Waals surface area contributed by atoms with Crippen molar-refractivity contribution < 1.29 is 18.8 Å². The van der Waals surface area contributed by atoms with E-state index in [1.54, 1.807) is 59.5 Å². The Hall–Kier alpha value is -3.87. The van der Waals surface area contributed by atoms with Gasteiger partial charge in [0.25, 0.3) is 17.7 Å². The van der Waals surface area contributed by atoms with E-state index in [4.69, 9.17) is 4.42 Å². The van der Waals surface area contributed by atoms with Crippen LogP contribution in [0.2, 0.25) is 0 Å². The van der Waals surface area contributed by atoms with Gasteiger partial charge in [0.2, 0.25) is 0 Å². The van der Waals surface area contributed by atoms with E-state index in [1.165, 1.54) is 6.26 Å². The molecule has 0 atom stereocenters. The molecular formula is C24H25N3O4. The molecule has 0 radical (unpaired) electrons. The number of carbonyl (C=O) groups excluding carboxylic acids is 3. The number of hydrogen-bond acceptors (Lipinski definition) is 4. The molecule has 3 aromatic rings. The van der Waals surface area contributed by atoms with Gasteiger partial charge in [-0.05, 0) is 68.8 Å². The van der Waals surface area contributed by atoms with E-state index in [2.05, 4.69) is 10.6 Å². The van der Waals surface area contributed by atoms with Gasteiger partial charge in [0.05, 0.1) is 6.26 Å². The number of carbonyl (C=O) groups is 3. The molecule has 0 aliphatic heterocycles. The predicted molar refractivity (Wildman–Crippen MR) is 119 cm³/mol. The van der Waals surface area contributed by atoms with Crippen LogP contribution in [-0.4, -0.2) is 35.7 Å². The minimum Gasteiger partial charge on any atom is -0.459 e. The lowest BCUT2D eigenvalue weighted by Crippen LogP contribution is -2.30. The molecule has 1 heterocycles. The van der Waals surface area contributed by atoms with Crippen molar-refractivity contribution in [3.8, 4) is 0 Å². The Morgan fingerprint density at radius 1 is 0.871 bits per heavy atom. The van der Waals surface area contributed by atoms with E-state index in [0.29, 0.717) is 35.6 Å². The zero-order chi connectivity index (χ0) is 22.4. The first-order valence-electron chi connectivity index (χ1n) is 10.1. The van der Waals surface area contributed by atoms with Gasteiger partial charge in [-0.3, -0.25) is 14.4 Å². The fourth-order valence-corrected chi connectivity index (χ4v) is 3.12. The number of nitrogens with one attached hydrogen (secondary N) is 2. The van der Waals surface area contributed by atoms with Crippen LogP contribution in [0.4, 0.5) is 11.4 Å². The molecule has 160 valence electrons. The first-order valence-corrected chi connectivity index (χ1v) is 10.1. The van der Waals surface area contributed by atoms with E-state index >= 15 is 0 Å². The molecule has 31 heavy (non-hydrogen) atoms. The lowest BCUT2D eigenvalue weighted by Gasteiger charge is -2.19. The van der Waals surface area contributed by atoms with Gasteiger partial charge >= 0.3 is 0 Å². The number of furan rings is 1. The lowest BCUT2D eigenvalue weighted by atomic mass is 10.1. The smallest absolute Gasteiger partial charge is 0.291 e. The van der Waals surface area contributed by atoms with Crippen LogP contribution in [-0.2, 0) is 0 Å². The summed E-state index contributed by atoms with van der Waals surface area (Å²) in [6, 6.07) is 15.1. The number of benzene rings is 2. The third-order valence-electron chi connectivity index (χ3n) is 4.91. The molecule has 0 aliphatic rings. The van der Waals surface area contributed by atoms with Crippen molar-refractivity contribution in [2.45, 2.75) is 20.8 Å². The standard InChI is InChI=1S/C24H25N3O4/c1-4-27(5-2)24(30)18-8-6-9-19(14-18)25-22(28)17-12-11-16(3)20(15-17)26-23(29)21-10-7-13-31-21/h6-15H,4-5H2,1-3H3,(H,25,28)(H,26,29). The maximum Gasteiger partial charge on any atom is 0.291 e. The highest BCUT2D eigenvalue weighted by atomic mass is 16.3. The van der Waals surface area contributed by atoms with Gasteiger partial charge in [0, 0.05) is 35.6 Å². The molecule has 0 spiro atoms. The molecule has 0 saturated carbocycles. The van der Waals surface area contributed by atoms with E-state index in [0.717, 1.165) is 5.56 Å². The first-order chi connectivity index (χ1) is 14.9. The van der Waals surface area contributed by atoms with Crippen LogP contribution in [0.3, 0.4) is 0 Å². The number of nitrogens with zero attached hydrogens (tertiary/aromatic N) is 1. The number of aryl methyl sites for hydroxylation is 1. The van der Waals surface area contributed by atoms with Crippen LogP contribution in [0, 0.1) is 6.92 Å². The van der Waals surface area contributed by atoms with Gasteiger partial charge in [-0.25, -0.2) is 0 Å². The second kappa shape index (κ2) is 9.75. The molecule has 0 fully saturated rings. The van der Waals surface area contributed by atoms with Crippen molar-refractivity contribution in [2.24, 2.45) is 0 Å². The molecule has 0 saturated heterocycles. The Labute approximate surface area is 181 Å². The van der Waals surface area contributed by atoms with Gasteiger partial charge in [-0.1, -0.05) is 12.1 Å². The molecule has 3 rings (SSSR count). The maximum atomic E-state index is 12.8. The summed E-state index contributed by atoms with van der Waals surface area (Å²) >= 11 is 0. The second-order valence-electron chi connectivity index (χ2n) is 6.97. The van der Waals surface area contributed by atoms with Crippen LogP contribution in [0.1, 0.15) is 50.7 Å². The number of hydrogen-bond donors (Lipinski definition) is 2. The molecule has 3 amide bonds. The van der Waals surface area contributed by atoms with Crippen LogP contribution in [0.15, 0.2) is 65.3 Å². The quantitative estimate of drug-likeness (QED) is 0.587. The predicted octanol–water partition coefficient (Wildman–Crippen LogP) is 4.57. The Bertz CT molecular complexity index is 1090. The van der Waals surface area contributed by atoms with Crippen molar-refractivity contribution in [2.75, 3.05) is 23.7 Å². The summed E-state index contributed by atoms with van der Waals surface area (Å²) in [6.45, 7) is 6.91. The summed E-state index contributed by atoms with van der Waals surface area (Å²) in [4.78, 5) is 39.3. The van der Waals surface area contributed by atoms with Gasteiger partial charge in [0.1, 0.15) is 0 Å². The third kappa shape index (κ3) is 5.19. The van der Waals surface area contributed by atoms with Gasteiger partial charge in [0.15, 0.2) is 5.76 Å². The van der Waals surface area contributed by atoms with Gasteiger partial charge in [-0.15, -0.1) is 0 Å². The molecule has 0 unspecified atom stereocenters. The third-order valence-corrected chi connectivity index (χ3v) is 4.91. The van der Waals surface area contributed by atoms with E-state index in [1.807, 2.05) is 20.8 Å². The average Bonchev–Trinajstić information content (AvgIpc) is 3.31. The summed E-state index contributed by atoms with van der Waals surface area (Å²) in [6.07, 6.45) is 1.42. The Morgan fingerprint density at radius 3 is 2.32 bits per heavy atom. The summed E-state index contributed by atoms with van der Waals surface area (Å²) in [5.74, 6) is -0.641. The molecule has 0 bridgehead atoms. The minimum atomic E-state index is -0.395. The SMILES string of the molecule is CCN(CC)C(=O)c1cccc(NC(=O)c2ccc(C)c(NC(=O)c3ccco3)c2)c1. The Kier molecular flexibility index (Phi) is 6.87. The fourth-order valence-electron chi connectivity index (χ4n) is 3.12. The first kappa shape index (κ1) is 21.8. The summed E-state index contributed by atoms with van der Waals surface area (Å²) in [5, 5.41) is 5.57. The van der Waals surface area contributed by atoms with Crippen LogP contribution < -0.4 is 10.6 Å². The van der Waals surface area contributed by atoms with Crippen molar-refractivity contribution in [3.63, 3.8) is 0 Å². The summed E-state index contributed by atoms with van der Waals surface area (Å²) < 4.78 is 5.11. The highest BCUT2D eigenvalue weighted by molar-refractivity contribution is 6.07. The topological polar surface area (TPSA) is 91.7 Å². The second-order valence-corrected chi connectivity index (χ2v) is 6.97. The average molecular weight is 419 g/mol. The number of anilines is 2.